The number of hydrogen-bond donors (Lipinski definition) is 2. The predicted molar refractivity (Wildman–Crippen MR) is 102 cm³/mol. The van der Waals surface area contributed by atoms with Gasteiger partial charge in [0.05, 0.1) is 0 Å². The summed E-state index contributed by atoms with van der Waals surface area (Å²) in [5.74, 6) is -0.265. The number of H-pyrrole nitrogens is 1. The van der Waals surface area contributed by atoms with Gasteiger partial charge in [-0.3, -0.25) is 4.79 Å². The van der Waals surface area contributed by atoms with Crippen LogP contribution in [-0.4, -0.2) is 55.3 Å². The van der Waals surface area contributed by atoms with E-state index in [9.17, 15) is 13.2 Å². The Kier molecular flexibility index (Phi) is 4.11. The fourth-order valence-corrected chi connectivity index (χ4v) is 6.07. The van der Waals surface area contributed by atoms with Gasteiger partial charge in [-0.05, 0) is 49.4 Å². The third-order valence-electron chi connectivity index (χ3n) is 6.19. The Balaban J connectivity index is 1.66. The van der Waals surface area contributed by atoms with Crippen molar-refractivity contribution < 1.29 is 13.2 Å². The number of fused-ring (bicyclic) bond motifs is 2. The maximum Gasteiger partial charge on any atom is 0.235 e. The molecule has 1 aromatic heterocycles. The van der Waals surface area contributed by atoms with Crippen molar-refractivity contribution in [1.29, 1.82) is 0 Å². The molecule has 0 spiro atoms. The second-order valence-electron chi connectivity index (χ2n) is 7.96. The minimum absolute atomic E-state index is 0.129. The van der Waals surface area contributed by atoms with Gasteiger partial charge < -0.3 is 15.6 Å². The molecule has 3 N–H and O–H groups in total. The van der Waals surface area contributed by atoms with Crippen LogP contribution in [0.1, 0.15) is 29.9 Å². The van der Waals surface area contributed by atoms with Gasteiger partial charge >= 0.3 is 0 Å². The number of sulfone groups is 1. The molecule has 2 aliphatic rings. The van der Waals surface area contributed by atoms with Crippen molar-refractivity contribution in [1.82, 2.24) is 9.88 Å². The first-order valence-electron chi connectivity index (χ1n) is 9.03. The molecule has 4 atom stereocenters. The van der Waals surface area contributed by atoms with Gasteiger partial charge in [0.2, 0.25) is 5.91 Å². The van der Waals surface area contributed by atoms with Crippen molar-refractivity contribution in [2.45, 2.75) is 36.5 Å². The number of nitrogens with zero attached hydrogens (tertiary/aromatic N) is 1. The van der Waals surface area contributed by atoms with Crippen molar-refractivity contribution in [2.24, 2.45) is 11.7 Å². The summed E-state index contributed by atoms with van der Waals surface area (Å²) < 4.78 is 23.9. The van der Waals surface area contributed by atoms with Crippen molar-refractivity contribution in [2.75, 3.05) is 19.8 Å². The van der Waals surface area contributed by atoms with Crippen LogP contribution in [0.3, 0.4) is 0 Å². The van der Waals surface area contributed by atoms with Crippen LogP contribution < -0.4 is 5.73 Å². The highest BCUT2D eigenvalue weighted by atomic mass is 32.2. The van der Waals surface area contributed by atoms with Crippen LogP contribution in [0.5, 0.6) is 0 Å². The van der Waals surface area contributed by atoms with E-state index in [4.69, 9.17) is 5.73 Å². The van der Waals surface area contributed by atoms with Crippen LogP contribution in [0, 0.1) is 5.92 Å². The molecule has 1 saturated heterocycles. The Morgan fingerprint density at radius 3 is 2.88 bits per heavy atom. The number of carbonyl (C=O) groups excluding carboxylic acids is 1. The summed E-state index contributed by atoms with van der Waals surface area (Å²) in [4.78, 5) is 17.4. The van der Waals surface area contributed by atoms with Gasteiger partial charge in [0.1, 0.15) is 5.25 Å². The zero-order valence-corrected chi connectivity index (χ0v) is 15.9. The fourth-order valence-electron chi connectivity index (χ4n) is 5.03. The molecule has 1 aliphatic carbocycles. The van der Waals surface area contributed by atoms with Gasteiger partial charge in [-0.25, -0.2) is 8.42 Å². The number of amides is 1. The molecule has 7 heteroatoms. The Labute approximate surface area is 153 Å². The number of aromatic nitrogens is 1. The number of aromatic amines is 1. The number of nitrogens with two attached hydrogens (primary N) is 1. The number of carbonyl (C=O) groups is 1. The van der Waals surface area contributed by atoms with E-state index in [1.165, 1.54) is 16.5 Å². The molecular formula is C19H25N3O3S. The lowest BCUT2D eigenvalue weighted by Gasteiger charge is -2.46. The van der Waals surface area contributed by atoms with Crippen LogP contribution in [0.25, 0.3) is 10.9 Å². The number of hydrogen-bond acceptors (Lipinski definition) is 4. The zero-order chi connectivity index (χ0) is 18.6. The zero-order valence-electron chi connectivity index (χ0n) is 15.1. The van der Waals surface area contributed by atoms with E-state index in [1.807, 2.05) is 0 Å². The van der Waals surface area contributed by atoms with Gasteiger partial charge in [0.25, 0.3) is 0 Å². The summed E-state index contributed by atoms with van der Waals surface area (Å²) in [6.45, 7) is 0.788. The number of piperidine rings is 1. The molecule has 2 heterocycles. The van der Waals surface area contributed by atoms with Crippen molar-refractivity contribution >= 4 is 26.6 Å². The molecule has 0 bridgehead atoms. The van der Waals surface area contributed by atoms with Gasteiger partial charge in [-0.1, -0.05) is 12.1 Å². The van der Waals surface area contributed by atoms with Gasteiger partial charge in [-0.2, -0.15) is 0 Å². The third-order valence-corrected chi connectivity index (χ3v) is 7.65. The first-order valence-corrected chi connectivity index (χ1v) is 11.0. The number of rotatable bonds is 4. The molecule has 140 valence electrons. The molecule has 2 aromatic rings. The summed E-state index contributed by atoms with van der Waals surface area (Å²) in [5, 5.41) is 0.219. The number of benzene rings is 1. The topological polar surface area (TPSA) is 96.3 Å². The van der Waals surface area contributed by atoms with E-state index < -0.39 is 21.0 Å². The highest BCUT2D eigenvalue weighted by Gasteiger charge is 2.41. The van der Waals surface area contributed by atoms with E-state index in [-0.39, 0.29) is 5.92 Å². The maximum atomic E-state index is 12.0. The van der Waals surface area contributed by atoms with E-state index in [1.54, 1.807) is 0 Å². The molecule has 4 rings (SSSR count). The average Bonchev–Trinajstić information content (AvgIpc) is 2.97. The number of likely N-dealkylation sites (N-methyl/N-ethyl adjacent to an activating group) is 1. The summed E-state index contributed by atoms with van der Waals surface area (Å²) in [6, 6.07) is 6.77. The number of primary amides is 1. The molecule has 1 amide bonds. The quantitative estimate of drug-likeness (QED) is 0.845. The highest BCUT2D eigenvalue weighted by Crippen LogP contribution is 2.45. The lowest BCUT2D eigenvalue weighted by Crippen LogP contribution is -2.49. The Hall–Kier alpha value is -1.86. The van der Waals surface area contributed by atoms with E-state index in [0.717, 1.165) is 31.2 Å². The van der Waals surface area contributed by atoms with Crippen LogP contribution in [0.2, 0.25) is 0 Å². The molecule has 1 aliphatic heterocycles. The normalized spacial score (nSPS) is 27.2. The fraction of sp³-hybridized carbons (Fsp3) is 0.526. The van der Waals surface area contributed by atoms with E-state index >= 15 is 0 Å². The lowest BCUT2D eigenvalue weighted by molar-refractivity contribution is -0.118. The highest BCUT2D eigenvalue weighted by molar-refractivity contribution is 7.92. The molecule has 6 nitrogen and oxygen atoms in total. The van der Waals surface area contributed by atoms with Crippen molar-refractivity contribution in [3.05, 3.63) is 35.5 Å². The minimum atomic E-state index is -3.49. The molecule has 0 radical (unpaired) electrons. The molecule has 0 saturated carbocycles. The second kappa shape index (κ2) is 6.09. The van der Waals surface area contributed by atoms with Gasteiger partial charge in [-0.15, -0.1) is 0 Å². The first-order chi connectivity index (χ1) is 12.3. The predicted octanol–water partition coefficient (Wildman–Crippen LogP) is 1.42. The first kappa shape index (κ1) is 17.5. The smallest absolute Gasteiger partial charge is 0.235 e. The second-order valence-corrected chi connectivity index (χ2v) is 10.2. The minimum Gasteiger partial charge on any atom is -0.369 e. The Bertz CT molecular complexity index is 966. The van der Waals surface area contributed by atoms with Gasteiger partial charge in [0.15, 0.2) is 9.84 Å². The number of likely N-dealkylation sites (tertiary alicyclic amines) is 1. The SMILES string of the molecule is CN1C[C@H](CC(C(N)=O)S(C)(=O)=O)CC2c3cccc4[nH]cc(c34)C[C@H]21. The standard InChI is InChI=1S/C19H25N3O3S/c1-22-10-11(7-17(19(20)23)26(2,24)25)6-14-13-4-3-5-15-18(13)12(9-21-15)8-16(14)22/h3-5,9,11,14,16-17,21H,6-8,10H2,1-2H3,(H2,20,23)/t11-,14?,16+,17?/m0/s1. The van der Waals surface area contributed by atoms with Crippen LogP contribution >= 0.6 is 0 Å². The molecule has 1 aromatic carbocycles. The van der Waals surface area contributed by atoms with Crippen LogP contribution in [-0.2, 0) is 21.1 Å². The summed E-state index contributed by atoms with van der Waals surface area (Å²) in [6.07, 6.45) is 5.40. The Morgan fingerprint density at radius 1 is 1.42 bits per heavy atom. The van der Waals surface area contributed by atoms with Crippen molar-refractivity contribution in [3.8, 4) is 0 Å². The molecule has 26 heavy (non-hydrogen) atoms. The summed E-state index contributed by atoms with van der Waals surface area (Å²) in [7, 11) is -1.39. The van der Waals surface area contributed by atoms with E-state index in [0.29, 0.717) is 18.4 Å². The molecule has 2 unspecified atom stereocenters. The maximum absolute atomic E-state index is 12.0. The van der Waals surface area contributed by atoms with Crippen molar-refractivity contribution in [3.63, 3.8) is 0 Å². The monoisotopic (exact) mass is 375 g/mol. The van der Waals surface area contributed by atoms with Crippen LogP contribution in [0.4, 0.5) is 0 Å². The Morgan fingerprint density at radius 2 is 2.19 bits per heavy atom. The summed E-state index contributed by atoms with van der Waals surface area (Å²) >= 11 is 0. The van der Waals surface area contributed by atoms with Gasteiger partial charge in [0, 0.05) is 41.9 Å². The molecular weight excluding hydrogens is 350 g/mol. The third kappa shape index (κ3) is 2.83. The van der Waals surface area contributed by atoms with E-state index in [2.05, 4.69) is 41.3 Å². The number of nitrogens with one attached hydrogen (secondary N) is 1. The average molecular weight is 375 g/mol. The summed E-state index contributed by atoms with van der Waals surface area (Å²) in [5.41, 5.74) is 9.23. The molecule has 1 fully saturated rings. The lowest BCUT2D eigenvalue weighted by atomic mass is 9.71. The van der Waals surface area contributed by atoms with Crippen LogP contribution in [0.15, 0.2) is 24.4 Å². The largest absolute Gasteiger partial charge is 0.369 e.